The molecule has 0 unspecified atom stereocenters. The van der Waals surface area contributed by atoms with Crippen molar-refractivity contribution in [3.63, 3.8) is 0 Å². The average molecular weight is 475 g/mol. The van der Waals surface area contributed by atoms with Gasteiger partial charge in [-0.1, -0.05) is 34.8 Å². The van der Waals surface area contributed by atoms with Crippen LogP contribution in [0.15, 0.2) is 52.4 Å². The first-order chi connectivity index (χ1) is 13.3. The van der Waals surface area contributed by atoms with Crippen LogP contribution in [0.25, 0.3) is 0 Å². The van der Waals surface area contributed by atoms with Gasteiger partial charge in [0.1, 0.15) is 11.7 Å². The number of amidine groups is 2. The van der Waals surface area contributed by atoms with Crippen molar-refractivity contribution in [3.8, 4) is 0 Å². The normalized spacial score (nSPS) is 16.7. The van der Waals surface area contributed by atoms with Crippen LogP contribution in [0.1, 0.15) is 11.1 Å². The van der Waals surface area contributed by atoms with E-state index in [9.17, 15) is 26.3 Å². The predicted molar refractivity (Wildman–Crippen MR) is 99.0 cm³/mol. The van der Waals surface area contributed by atoms with E-state index in [0.717, 1.165) is 6.07 Å². The van der Waals surface area contributed by atoms with Crippen LogP contribution in [-0.4, -0.2) is 29.7 Å². The number of hydrogen-bond donors (Lipinski definition) is 1. The molecule has 12 heteroatoms. The quantitative estimate of drug-likeness (QED) is 0.512. The van der Waals surface area contributed by atoms with Gasteiger partial charge in [0.25, 0.3) is 0 Å². The van der Waals surface area contributed by atoms with Gasteiger partial charge in [0, 0.05) is 21.2 Å². The first-order valence-electron chi connectivity index (χ1n) is 7.65. The molecule has 154 valence electrons. The second-order valence-electron chi connectivity index (χ2n) is 5.84. The van der Waals surface area contributed by atoms with E-state index in [0.29, 0.717) is 0 Å². The van der Waals surface area contributed by atoms with Crippen LogP contribution < -0.4 is 5.32 Å². The van der Waals surface area contributed by atoms with Gasteiger partial charge < -0.3 is 5.32 Å². The number of benzene rings is 2. The Labute approximate surface area is 175 Å². The van der Waals surface area contributed by atoms with Gasteiger partial charge in [-0.3, -0.25) is 0 Å². The van der Waals surface area contributed by atoms with Crippen molar-refractivity contribution < 1.29 is 26.3 Å². The minimum absolute atomic E-state index is 0.0650. The lowest BCUT2D eigenvalue weighted by Crippen LogP contribution is -2.59. The summed E-state index contributed by atoms with van der Waals surface area (Å²) in [5, 5.41) is 2.57. The first kappa shape index (κ1) is 21.7. The predicted octanol–water partition coefficient (Wildman–Crippen LogP) is 6.26. The lowest BCUT2D eigenvalue weighted by atomic mass is 10.1. The standard InChI is InChI=1S/C17H8Cl3F6N3/c18-9-3-1-8(2-4-9)13-27-14(11-6-5-10(19)7-12(11)20)29-15(28-13,16(21,22)23)17(24,25)26/h1-7H,(H,27,28,29). The lowest BCUT2D eigenvalue weighted by Gasteiger charge is -2.35. The third-order valence-electron chi connectivity index (χ3n) is 3.88. The molecule has 1 N–H and O–H groups in total. The van der Waals surface area contributed by atoms with Crippen LogP contribution >= 0.6 is 34.8 Å². The zero-order valence-corrected chi connectivity index (χ0v) is 16.1. The molecular formula is C17H8Cl3F6N3. The van der Waals surface area contributed by atoms with Gasteiger partial charge in [-0.05, 0) is 42.5 Å². The molecule has 0 saturated carbocycles. The maximum absolute atomic E-state index is 13.7. The summed E-state index contributed by atoms with van der Waals surface area (Å²) in [6, 6.07) is 8.60. The van der Waals surface area contributed by atoms with Gasteiger partial charge in [-0.2, -0.15) is 26.3 Å². The molecule has 1 aliphatic rings. The van der Waals surface area contributed by atoms with E-state index in [2.05, 4.69) is 15.3 Å². The van der Waals surface area contributed by atoms with Crippen molar-refractivity contribution in [2.24, 2.45) is 9.98 Å². The summed E-state index contributed by atoms with van der Waals surface area (Å²) in [5.74, 6) is -1.46. The van der Waals surface area contributed by atoms with Crippen molar-refractivity contribution in [2.45, 2.75) is 18.0 Å². The highest BCUT2D eigenvalue weighted by Crippen LogP contribution is 2.48. The fourth-order valence-electron chi connectivity index (χ4n) is 2.48. The average Bonchev–Trinajstić information content (AvgIpc) is 2.60. The summed E-state index contributed by atoms with van der Waals surface area (Å²) in [6.45, 7) is 0. The Morgan fingerprint density at radius 1 is 0.724 bits per heavy atom. The van der Waals surface area contributed by atoms with Crippen LogP contribution in [0.2, 0.25) is 15.1 Å². The number of nitrogens with one attached hydrogen (secondary N) is 1. The van der Waals surface area contributed by atoms with Crippen LogP contribution in [0.5, 0.6) is 0 Å². The number of alkyl halides is 6. The van der Waals surface area contributed by atoms with Gasteiger partial charge in [-0.25, -0.2) is 9.98 Å². The van der Waals surface area contributed by atoms with E-state index in [4.69, 9.17) is 34.8 Å². The van der Waals surface area contributed by atoms with Crippen molar-refractivity contribution in [1.29, 1.82) is 0 Å². The monoisotopic (exact) mass is 473 g/mol. The second kappa shape index (κ2) is 7.37. The fourth-order valence-corrected chi connectivity index (χ4v) is 3.11. The summed E-state index contributed by atoms with van der Waals surface area (Å²) in [4.78, 5) is 5.86. The number of rotatable bonds is 2. The highest BCUT2D eigenvalue weighted by molar-refractivity contribution is 6.37. The van der Waals surface area contributed by atoms with E-state index in [1.807, 2.05) is 0 Å². The van der Waals surface area contributed by atoms with Crippen molar-refractivity contribution >= 4 is 46.5 Å². The molecule has 0 amide bonds. The van der Waals surface area contributed by atoms with Crippen LogP contribution in [0.4, 0.5) is 26.3 Å². The molecule has 0 aliphatic carbocycles. The number of halogens is 9. The highest BCUT2D eigenvalue weighted by atomic mass is 35.5. The summed E-state index contributed by atoms with van der Waals surface area (Å²) >= 11 is 17.5. The maximum Gasteiger partial charge on any atom is 0.443 e. The van der Waals surface area contributed by atoms with Crippen LogP contribution in [0, 0.1) is 0 Å². The molecule has 0 spiro atoms. The molecule has 0 aromatic heterocycles. The molecule has 0 radical (unpaired) electrons. The van der Waals surface area contributed by atoms with E-state index < -0.39 is 29.7 Å². The summed E-state index contributed by atoms with van der Waals surface area (Å²) in [6.07, 6.45) is -11.8. The SMILES string of the molecule is FC(F)(F)C1(C(F)(F)F)N=C(c2ccc(Cl)cc2)NC(c2ccc(Cl)cc2Cl)=N1. The van der Waals surface area contributed by atoms with E-state index in [1.54, 1.807) is 0 Å². The van der Waals surface area contributed by atoms with E-state index in [1.165, 1.54) is 36.4 Å². The highest BCUT2D eigenvalue weighted by Gasteiger charge is 2.73. The Kier molecular flexibility index (Phi) is 5.53. The molecule has 0 atom stereocenters. The van der Waals surface area contributed by atoms with Crippen molar-refractivity contribution in [1.82, 2.24) is 5.32 Å². The van der Waals surface area contributed by atoms with Gasteiger partial charge in [0.2, 0.25) is 0 Å². The van der Waals surface area contributed by atoms with Gasteiger partial charge in [0.05, 0.1) is 5.02 Å². The largest absolute Gasteiger partial charge is 0.443 e. The summed E-state index contributed by atoms with van der Waals surface area (Å²) < 4.78 is 82.0. The molecule has 29 heavy (non-hydrogen) atoms. The molecule has 3 rings (SSSR count). The van der Waals surface area contributed by atoms with Crippen molar-refractivity contribution in [3.05, 3.63) is 68.7 Å². The Balaban J connectivity index is 2.27. The zero-order valence-electron chi connectivity index (χ0n) is 13.8. The molecule has 0 saturated heterocycles. The molecule has 1 aliphatic heterocycles. The summed E-state index contributed by atoms with van der Waals surface area (Å²) in [5.41, 5.74) is -5.00. The molecular weight excluding hydrogens is 467 g/mol. The maximum atomic E-state index is 13.7. The molecule has 3 nitrogen and oxygen atoms in total. The number of aliphatic imine (C=N–C) groups is 2. The smallest absolute Gasteiger partial charge is 0.324 e. The molecule has 0 fully saturated rings. The molecule has 2 aromatic carbocycles. The first-order valence-corrected chi connectivity index (χ1v) is 8.79. The Hall–Kier alpha value is -1.97. The minimum Gasteiger partial charge on any atom is -0.324 e. The molecule has 0 bridgehead atoms. The molecule has 1 heterocycles. The number of hydrogen-bond acceptors (Lipinski definition) is 3. The topological polar surface area (TPSA) is 36.8 Å². The molecule has 2 aromatic rings. The van der Waals surface area contributed by atoms with Crippen LogP contribution in [-0.2, 0) is 0 Å². The zero-order chi connectivity index (χ0) is 21.6. The fraction of sp³-hybridized carbons (Fsp3) is 0.176. The van der Waals surface area contributed by atoms with Gasteiger partial charge in [-0.15, -0.1) is 0 Å². The van der Waals surface area contributed by atoms with E-state index in [-0.39, 0.29) is 26.2 Å². The van der Waals surface area contributed by atoms with E-state index >= 15 is 0 Å². The minimum atomic E-state index is -5.88. The Bertz CT molecular complexity index is 983. The van der Waals surface area contributed by atoms with Crippen molar-refractivity contribution in [2.75, 3.05) is 0 Å². The van der Waals surface area contributed by atoms with Gasteiger partial charge in [0.15, 0.2) is 0 Å². The summed E-state index contributed by atoms with van der Waals surface area (Å²) in [7, 11) is 0. The van der Waals surface area contributed by atoms with Gasteiger partial charge >= 0.3 is 18.0 Å². The third-order valence-corrected chi connectivity index (χ3v) is 4.68. The second-order valence-corrected chi connectivity index (χ2v) is 7.12. The van der Waals surface area contributed by atoms with Crippen LogP contribution in [0.3, 0.4) is 0 Å². The Morgan fingerprint density at radius 2 is 1.24 bits per heavy atom. The lowest BCUT2D eigenvalue weighted by molar-refractivity contribution is -0.292. The third kappa shape index (κ3) is 4.04. The Morgan fingerprint density at radius 3 is 1.76 bits per heavy atom. The number of nitrogens with zero attached hydrogens (tertiary/aromatic N) is 2.